The molecular weight excluding hydrogens is 156 g/mol. The Hall–Kier alpha value is -0.960. The van der Waals surface area contributed by atoms with E-state index in [2.05, 4.69) is 6.58 Å². The van der Waals surface area contributed by atoms with Crippen molar-refractivity contribution in [2.45, 2.75) is 26.9 Å². The van der Waals surface area contributed by atoms with Crippen molar-refractivity contribution in [2.24, 2.45) is 5.92 Å². The van der Waals surface area contributed by atoms with Gasteiger partial charge in [-0.3, -0.25) is 9.59 Å². The fourth-order valence-corrected chi connectivity index (χ4v) is 1.02. The molecule has 3 nitrogen and oxygen atoms in total. The Labute approximate surface area is 72.1 Å². The first kappa shape index (κ1) is 11.0. The Kier molecular flexibility index (Phi) is 3.83. The molecule has 0 radical (unpaired) electrons. The van der Waals surface area contributed by atoms with Crippen LogP contribution in [0.25, 0.3) is 0 Å². The second-order valence-corrected chi connectivity index (χ2v) is 2.99. The first-order chi connectivity index (χ1) is 5.37. The molecule has 0 heterocycles. The summed E-state index contributed by atoms with van der Waals surface area (Å²) in [4.78, 5) is 21.8. The molecule has 0 aromatic rings. The number of hydrogen-bond acceptors (Lipinski definition) is 3. The van der Waals surface area contributed by atoms with Gasteiger partial charge in [-0.05, 0) is 20.8 Å². The van der Waals surface area contributed by atoms with Crippen molar-refractivity contribution in [3.05, 3.63) is 12.2 Å². The molecule has 68 valence electrons. The smallest absolute Gasteiger partial charge is 0.143 e. The molecule has 1 N–H and O–H groups in total. The van der Waals surface area contributed by atoms with Crippen LogP contribution in [0.2, 0.25) is 0 Å². The Morgan fingerprint density at radius 1 is 1.17 bits per heavy atom. The van der Waals surface area contributed by atoms with Crippen LogP contribution in [-0.2, 0) is 9.59 Å². The third-order valence-electron chi connectivity index (χ3n) is 1.70. The fourth-order valence-electron chi connectivity index (χ4n) is 1.02. The zero-order valence-corrected chi connectivity index (χ0v) is 7.63. The summed E-state index contributed by atoms with van der Waals surface area (Å²) >= 11 is 0. The Morgan fingerprint density at radius 3 is 1.58 bits per heavy atom. The SMILES string of the molecule is C=C(C)C(O)C(C(C)=O)C(C)=O. The van der Waals surface area contributed by atoms with Crippen LogP contribution in [0.1, 0.15) is 20.8 Å². The molecule has 3 heteroatoms. The van der Waals surface area contributed by atoms with E-state index in [1.165, 1.54) is 13.8 Å². The molecule has 12 heavy (non-hydrogen) atoms. The van der Waals surface area contributed by atoms with E-state index < -0.39 is 12.0 Å². The molecule has 0 rings (SSSR count). The largest absolute Gasteiger partial charge is 0.388 e. The molecule has 0 bridgehead atoms. The number of carbonyl (C=O) groups excluding carboxylic acids is 2. The average molecular weight is 170 g/mol. The maximum atomic E-state index is 10.9. The zero-order chi connectivity index (χ0) is 9.89. The summed E-state index contributed by atoms with van der Waals surface area (Å²) in [6.07, 6.45) is -1.04. The predicted molar refractivity (Wildman–Crippen MR) is 45.7 cm³/mol. The lowest BCUT2D eigenvalue weighted by molar-refractivity contribution is -0.133. The highest BCUT2D eigenvalue weighted by Crippen LogP contribution is 2.13. The van der Waals surface area contributed by atoms with Gasteiger partial charge in [-0.1, -0.05) is 12.2 Å². The van der Waals surface area contributed by atoms with Crippen LogP contribution in [0, 0.1) is 5.92 Å². The lowest BCUT2D eigenvalue weighted by Gasteiger charge is -2.17. The second-order valence-electron chi connectivity index (χ2n) is 2.99. The minimum absolute atomic E-state index is 0.321. The highest BCUT2D eigenvalue weighted by atomic mass is 16.3. The Bertz CT molecular complexity index is 204. The average Bonchev–Trinajstić information content (AvgIpc) is 1.85. The van der Waals surface area contributed by atoms with Gasteiger partial charge in [-0.2, -0.15) is 0 Å². The van der Waals surface area contributed by atoms with Crippen LogP contribution in [0.3, 0.4) is 0 Å². The first-order valence-electron chi connectivity index (χ1n) is 3.72. The molecule has 0 aromatic heterocycles. The molecule has 0 amide bonds. The van der Waals surface area contributed by atoms with Crippen molar-refractivity contribution in [2.75, 3.05) is 0 Å². The number of aliphatic hydroxyl groups is 1. The van der Waals surface area contributed by atoms with Crippen LogP contribution < -0.4 is 0 Å². The number of carbonyl (C=O) groups is 2. The monoisotopic (exact) mass is 170 g/mol. The first-order valence-corrected chi connectivity index (χ1v) is 3.72. The van der Waals surface area contributed by atoms with Crippen molar-refractivity contribution >= 4 is 11.6 Å². The molecule has 1 atom stereocenters. The highest BCUT2D eigenvalue weighted by Gasteiger charge is 2.28. The number of rotatable bonds is 4. The van der Waals surface area contributed by atoms with Crippen LogP contribution in [0.15, 0.2) is 12.2 Å². The van der Waals surface area contributed by atoms with E-state index in [1.54, 1.807) is 6.92 Å². The van der Waals surface area contributed by atoms with Gasteiger partial charge in [0.1, 0.15) is 17.5 Å². The standard InChI is InChI=1S/C9H14O3/c1-5(2)9(12)8(6(3)10)7(4)11/h8-9,12H,1H2,2-4H3. The summed E-state index contributed by atoms with van der Waals surface area (Å²) in [5.41, 5.74) is 0.436. The number of Topliss-reactive ketones (excluding diaryl/α,β-unsaturated/α-hetero) is 2. The van der Waals surface area contributed by atoms with E-state index in [0.717, 1.165) is 0 Å². The number of ketones is 2. The van der Waals surface area contributed by atoms with Crippen molar-refractivity contribution in [3.63, 3.8) is 0 Å². The van der Waals surface area contributed by atoms with Crippen LogP contribution in [0.5, 0.6) is 0 Å². The quantitative estimate of drug-likeness (QED) is 0.499. The number of aliphatic hydroxyl groups excluding tert-OH is 1. The fraction of sp³-hybridized carbons (Fsp3) is 0.556. The van der Waals surface area contributed by atoms with Gasteiger partial charge in [0.25, 0.3) is 0 Å². The summed E-state index contributed by atoms with van der Waals surface area (Å²) in [5, 5.41) is 9.39. The highest BCUT2D eigenvalue weighted by molar-refractivity contribution is 6.01. The van der Waals surface area contributed by atoms with Crippen molar-refractivity contribution in [1.29, 1.82) is 0 Å². The van der Waals surface area contributed by atoms with E-state index in [4.69, 9.17) is 0 Å². The predicted octanol–water partition coefficient (Wildman–Crippen LogP) is 0.718. The van der Waals surface area contributed by atoms with Crippen LogP contribution in [0.4, 0.5) is 0 Å². The van der Waals surface area contributed by atoms with Crippen molar-refractivity contribution in [3.8, 4) is 0 Å². The van der Waals surface area contributed by atoms with E-state index in [0.29, 0.717) is 5.57 Å². The van der Waals surface area contributed by atoms with Crippen LogP contribution in [-0.4, -0.2) is 22.8 Å². The van der Waals surface area contributed by atoms with Gasteiger partial charge in [-0.25, -0.2) is 0 Å². The summed E-state index contributed by atoms with van der Waals surface area (Å²) in [6, 6.07) is 0. The summed E-state index contributed by atoms with van der Waals surface area (Å²) in [5.74, 6) is -1.58. The Balaban J connectivity index is 4.63. The van der Waals surface area contributed by atoms with E-state index in [1.807, 2.05) is 0 Å². The minimum Gasteiger partial charge on any atom is -0.388 e. The topological polar surface area (TPSA) is 54.4 Å². The summed E-state index contributed by atoms with van der Waals surface area (Å²) < 4.78 is 0. The maximum absolute atomic E-state index is 10.9. The third-order valence-corrected chi connectivity index (χ3v) is 1.70. The molecule has 0 aliphatic heterocycles. The summed E-state index contributed by atoms with van der Waals surface area (Å²) in [6.45, 7) is 7.65. The van der Waals surface area contributed by atoms with E-state index in [-0.39, 0.29) is 11.6 Å². The molecule has 0 aliphatic rings. The Morgan fingerprint density at radius 2 is 1.50 bits per heavy atom. The molecular formula is C9H14O3. The lowest BCUT2D eigenvalue weighted by atomic mass is 9.91. The van der Waals surface area contributed by atoms with Crippen molar-refractivity contribution in [1.82, 2.24) is 0 Å². The van der Waals surface area contributed by atoms with Gasteiger partial charge in [0.05, 0.1) is 6.10 Å². The summed E-state index contributed by atoms with van der Waals surface area (Å²) in [7, 11) is 0. The van der Waals surface area contributed by atoms with Gasteiger partial charge in [0.15, 0.2) is 0 Å². The maximum Gasteiger partial charge on any atom is 0.143 e. The molecule has 0 aromatic carbocycles. The lowest BCUT2D eigenvalue weighted by Crippen LogP contribution is -2.33. The second kappa shape index (κ2) is 4.16. The zero-order valence-electron chi connectivity index (χ0n) is 7.63. The number of hydrogen-bond donors (Lipinski definition) is 1. The van der Waals surface area contributed by atoms with Crippen molar-refractivity contribution < 1.29 is 14.7 Å². The van der Waals surface area contributed by atoms with Gasteiger partial charge in [0, 0.05) is 0 Å². The molecule has 0 spiro atoms. The molecule has 0 saturated heterocycles. The van der Waals surface area contributed by atoms with Gasteiger partial charge < -0.3 is 5.11 Å². The van der Waals surface area contributed by atoms with E-state index >= 15 is 0 Å². The van der Waals surface area contributed by atoms with Gasteiger partial charge >= 0.3 is 0 Å². The van der Waals surface area contributed by atoms with Crippen LogP contribution >= 0.6 is 0 Å². The van der Waals surface area contributed by atoms with Gasteiger partial charge in [0.2, 0.25) is 0 Å². The normalized spacial score (nSPS) is 12.8. The molecule has 0 fully saturated rings. The minimum atomic E-state index is -1.04. The molecule has 1 unspecified atom stereocenters. The third kappa shape index (κ3) is 2.58. The molecule has 0 saturated carbocycles. The molecule has 0 aliphatic carbocycles. The van der Waals surface area contributed by atoms with E-state index in [9.17, 15) is 14.7 Å². The van der Waals surface area contributed by atoms with Gasteiger partial charge in [-0.15, -0.1) is 0 Å².